The molecule has 0 bridgehead atoms. The summed E-state index contributed by atoms with van der Waals surface area (Å²) in [6, 6.07) is 1.36. The number of anilines is 1. The number of alkyl halides is 3. The summed E-state index contributed by atoms with van der Waals surface area (Å²) in [7, 11) is 0. The van der Waals surface area contributed by atoms with Crippen LogP contribution in [0, 0.1) is 0 Å². The average Bonchev–Trinajstić information content (AvgIpc) is 2.86. The Hall–Kier alpha value is -1.83. The Kier molecular flexibility index (Phi) is 2.53. The fraction of sp³-hybridized carbons (Fsp3) is 0.364. The van der Waals surface area contributed by atoms with Crippen LogP contribution in [-0.4, -0.2) is 33.7 Å². The van der Waals surface area contributed by atoms with Gasteiger partial charge in [-0.05, 0) is 6.92 Å². The topological polar surface area (TPSA) is 50.5 Å². The van der Waals surface area contributed by atoms with Crippen LogP contribution in [0.15, 0.2) is 12.3 Å². The molecule has 1 aliphatic rings. The summed E-state index contributed by atoms with van der Waals surface area (Å²) in [5.41, 5.74) is -2.06. The van der Waals surface area contributed by atoms with E-state index in [1.54, 1.807) is 0 Å². The molecule has 0 saturated heterocycles. The maximum absolute atomic E-state index is 13.4. The molecule has 5 nitrogen and oxygen atoms in total. The van der Waals surface area contributed by atoms with Gasteiger partial charge in [0.1, 0.15) is 5.41 Å². The van der Waals surface area contributed by atoms with E-state index in [-0.39, 0.29) is 22.2 Å². The predicted molar refractivity (Wildman–Crippen MR) is 64.8 cm³/mol. The molecule has 1 aliphatic heterocycles. The third kappa shape index (κ3) is 1.54. The van der Waals surface area contributed by atoms with Crippen LogP contribution in [0.1, 0.15) is 12.6 Å². The fourth-order valence-electron chi connectivity index (χ4n) is 2.44. The molecular formula is C11H8ClF3N4O. The van der Waals surface area contributed by atoms with Gasteiger partial charge in [-0.3, -0.25) is 4.79 Å². The first-order valence-electron chi connectivity index (χ1n) is 5.61. The quantitative estimate of drug-likeness (QED) is 0.759. The zero-order valence-electron chi connectivity index (χ0n) is 10.1. The monoisotopic (exact) mass is 304 g/mol. The molecule has 0 aliphatic carbocycles. The van der Waals surface area contributed by atoms with Crippen LogP contribution in [0.25, 0.3) is 5.65 Å². The van der Waals surface area contributed by atoms with Crippen LogP contribution in [0.3, 0.4) is 0 Å². The van der Waals surface area contributed by atoms with Crippen molar-refractivity contribution in [3.63, 3.8) is 0 Å². The molecule has 0 N–H and O–H groups in total. The Morgan fingerprint density at radius 2 is 2.20 bits per heavy atom. The third-order valence-electron chi connectivity index (χ3n) is 3.51. The smallest absolute Gasteiger partial charge is 0.311 e. The van der Waals surface area contributed by atoms with Crippen LogP contribution in [0.5, 0.6) is 0 Å². The maximum Gasteiger partial charge on any atom is 0.401 e. The van der Waals surface area contributed by atoms with Crippen molar-refractivity contribution in [1.82, 2.24) is 14.6 Å². The van der Waals surface area contributed by atoms with E-state index in [0.29, 0.717) is 6.41 Å². The molecule has 106 valence electrons. The SMILES string of the molecule is C[C@@]1(C(F)(F)F)CN(C=O)c2cnc3cc(Cl)nn3c21. The van der Waals surface area contributed by atoms with Gasteiger partial charge in [0.2, 0.25) is 6.41 Å². The lowest BCUT2D eigenvalue weighted by Gasteiger charge is -2.27. The first kappa shape index (κ1) is 13.2. The number of amides is 1. The molecule has 0 aromatic carbocycles. The zero-order chi connectivity index (χ0) is 14.7. The molecule has 0 fully saturated rings. The van der Waals surface area contributed by atoms with Crippen LogP contribution in [0.2, 0.25) is 5.15 Å². The van der Waals surface area contributed by atoms with Crippen LogP contribution >= 0.6 is 11.6 Å². The second-order valence-electron chi connectivity index (χ2n) is 4.79. The number of rotatable bonds is 1. The van der Waals surface area contributed by atoms with Gasteiger partial charge in [0.15, 0.2) is 10.8 Å². The van der Waals surface area contributed by atoms with Crippen molar-refractivity contribution in [2.75, 3.05) is 11.4 Å². The molecule has 3 rings (SSSR count). The third-order valence-corrected chi connectivity index (χ3v) is 3.69. The number of fused-ring (bicyclic) bond motifs is 3. The summed E-state index contributed by atoms with van der Waals surface area (Å²) in [6.45, 7) is 0.526. The van der Waals surface area contributed by atoms with Gasteiger partial charge in [-0.25, -0.2) is 9.50 Å². The van der Waals surface area contributed by atoms with Gasteiger partial charge in [-0.1, -0.05) is 11.6 Å². The highest BCUT2D eigenvalue weighted by Gasteiger charge is 2.59. The normalized spacial score (nSPS) is 22.4. The molecule has 0 radical (unpaired) electrons. The molecule has 0 unspecified atom stereocenters. The highest BCUT2D eigenvalue weighted by molar-refractivity contribution is 6.29. The molecule has 1 amide bonds. The van der Waals surface area contributed by atoms with Crippen molar-refractivity contribution in [2.45, 2.75) is 18.5 Å². The van der Waals surface area contributed by atoms with Crippen molar-refractivity contribution >= 4 is 29.3 Å². The van der Waals surface area contributed by atoms with E-state index in [4.69, 9.17) is 11.6 Å². The number of nitrogens with zero attached hydrogens (tertiary/aromatic N) is 4. The molecule has 20 heavy (non-hydrogen) atoms. The summed E-state index contributed by atoms with van der Waals surface area (Å²) in [4.78, 5) is 15.9. The van der Waals surface area contributed by atoms with Gasteiger partial charge in [-0.2, -0.15) is 18.3 Å². The minimum absolute atomic E-state index is 0.0416. The lowest BCUT2D eigenvalue weighted by molar-refractivity contribution is -0.181. The van der Waals surface area contributed by atoms with Crippen molar-refractivity contribution in [3.8, 4) is 0 Å². The van der Waals surface area contributed by atoms with Crippen LogP contribution < -0.4 is 4.90 Å². The summed E-state index contributed by atoms with van der Waals surface area (Å²) in [5.74, 6) is 0. The molecule has 0 saturated carbocycles. The summed E-state index contributed by atoms with van der Waals surface area (Å²) in [6.07, 6.45) is -2.95. The standard InChI is InChI=1S/C11H8ClF3N4O/c1-10(11(13,14)15)4-18(5-20)6-3-16-8-2-7(12)17-19(8)9(6)10/h2-3,5H,4H2,1H3/t10-/m1/s1. The summed E-state index contributed by atoms with van der Waals surface area (Å²) >= 11 is 5.73. The van der Waals surface area contributed by atoms with Gasteiger partial charge in [0.25, 0.3) is 0 Å². The average molecular weight is 305 g/mol. The first-order valence-corrected chi connectivity index (χ1v) is 5.99. The Morgan fingerprint density at radius 1 is 1.50 bits per heavy atom. The van der Waals surface area contributed by atoms with E-state index in [2.05, 4.69) is 10.1 Å². The molecule has 2 aromatic heterocycles. The highest BCUT2D eigenvalue weighted by atomic mass is 35.5. The van der Waals surface area contributed by atoms with Crippen molar-refractivity contribution in [1.29, 1.82) is 0 Å². The fourth-order valence-corrected chi connectivity index (χ4v) is 2.62. The molecule has 9 heteroatoms. The summed E-state index contributed by atoms with van der Waals surface area (Å²) < 4.78 is 41.3. The highest BCUT2D eigenvalue weighted by Crippen LogP contribution is 2.49. The van der Waals surface area contributed by atoms with Crippen molar-refractivity contribution in [2.24, 2.45) is 0 Å². The number of hydrogen-bond acceptors (Lipinski definition) is 3. The predicted octanol–water partition coefficient (Wildman–Crippen LogP) is 2.18. The molecule has 2 aromatic rings. The molecule has 1 atom stereocenters. The van der Waals surface area contributed by atoms with E-state index >= 15 is 0 Å². The Balaban J connectivity index is 2.38. The van der Waals surface area contributed by atoms with E-state index in [1.807, 2.05) is 0 Å². The molecule has 3 heterocycles. The Bertz CT molecular complexity index is 713. The van der Waals surface area contributed by atoms with Gasteiger partial charge >= 0.3 is 6.18 Å². The van der Waals surface area contributed by atoms with E-state index in [9.17, 15) is 18.0 Å². The largest absolute Gasteiger partial charge is 0.401 e. The molecule has 0 spiro atoms. The van der Waals surface area contributed by atoms with E-state index in [1.165, 1.54) is 12.3 Å². The minimum atomic E-state index is -4.54. The maximum atomic E-state index is 13.4. The summed E-state index contributed by atoms with van der Waals surface area (Å²) in [5, 5.41) is 3.88. The number of carbonyl (C=O) groups excluding carboxylic acids is 1. The number of halogens is 4. The second kappa shape index (κ2) is 3.85. The first-order chi connectivity index (χ1) is 9.28. The van der Waals surface area contributed by atoms with E-state index in [0.717, 1.165) is 16.3 Å². The number of hydrogen-bond donors (Lipinski definition) is 0. The van der Waals surface area contributed by atoms with Crippen LogP contribution in [-0.2, 0) is 10.2 Å². The van der Waals surface area contributed by atoms with Crippen molar-refractivity contribution < 1.29 is 18.0 Å². The van der Waals surface area contributed by atoms with Crippen molar-refractivity contribution in [3.05, 3.63) is 23.1 Å². The number of carbonyl (C=O) groups is 1. The zero-order valence-corrected chi connectivity index (χ0v) is 10.9. The van der Waals surface area contributed by atoms with Gasteiger partial charge < -0.3 is 4.90 Å². The lowest BCUT2D eigenvalue weighted by atomic mass is 9.88. The van der Waals surface area contributed by atoms with Gasteiger partial charge in [0.05, 0.1) is 17.6 Å². The Morgan fingerprint density at radius 3 is 2.80 bits per heavy atom. The van der Waals surface area contributed by atoms with Gasteiger partial charge in [-0.15, -0.1) is 0 Å². The minimum Gasteiger partial charge on any atom is -0.311 e. The lowest BCUT2D eigenvalue weighted by Crippen LogP contribution is -2.44. The van der Waals surface area contributed by atoms with Gasteiger partial charge in [0, 0.05) is 12.6 Å². The van der Waals surface area contributed by atoms with Crippen LogP contribution in [0.4, 0.5) is 18.9 Å². The number of aromatic nitrogens is 3. The second-order valence-corrected chi connectivity index (χ2v) is 5.18. The van der Waals surface area contributed by atoms with E-state index < -0.39 is 18.1 Å². The Labute approximate surface area is 115 Å². The molecular weight excluding hydrogens is 297 g/mol.